The van der Waals surface area contributed by atoms with E-state index in [9.17, 15) is 9.59 Å². The summed E-state index contributed by atoms with van der Waals surface area (Å²) >= 11 is 1.42. The van der Waals surface area contributed by atoms with Crippen molar-refractivity contribution in [2.24, 2.45) is 0 Å². The van der Waals surface area contributed by atoms with Crippen molar-refractivity contribution in [1.82, 2.24) is 14.8 Å². The third kappa shape index (κ3) is 2.98. The van der Waals surface area contributed by atoms with Crippen LogP contribution in [0.4, 0.5) is 5.82 Å². The fourth-order valence-corrected chi connectivity index (χ4v) is 3.94. The van der Waals surface area contributed by atoms with Crippen molar-refractivity contribution in [3.63, 3.8) is 0 Å². The molecule has 1 amide bonds. The first kappa shape index (κ1) is 15.7. The minimum Gasteiger partial charge on any atom is -0.311 e. The Morgan fingerprint density at radius 2 is 2.32 bits per heavy atom. The lowest BCUT2D eigenvalue weighted by molar-refractivity contribution is -0.116. The molecule has 1 N–H and O–H groups in total. The smallest absolute Gasteiger partial charge is 0.226 e. The van der Waals surface area contributed by atoms with Crippen molar-refractivity contribution >= 4 is 28.8 Å². The second-order valence-electron chi connectivity index (χ2n) is 6.07. The van der Waals surface area contributed by atoms with Crippen molar-refractivity contribution in [2.75, 3.05) is 5.32 Å². The van der Waals surface area contributed by atoms with Gasteiger partial charge >= 0.3 is 0 Å². The van der Waals surface area contributed by atoms with Crippen LogP contribution in [0.1, 0.15) is 45.6 Å². The van der Waals surface area contributed by atoms with Gasteiger partial charge in [0, 0.05) is 30.3 Å². The average molecular weight is 352 g/mol. The number of Topliss-reactive ketones (excluding diaryl/α,β-unsaturated/α-hetero) is 1. The number of rotatable bonds is 4. The maximum atomic E-state index is 12.2. The molecule has 0 radical (unpaired) electrons. The zero-order valence-corrected chi connectivity index (χ0v) is 14.4. The summed E-state index contributed by atoms with van der Waals surface area (Å²) in [6.07, 6.45) is 5.68. The maximum absolute atomic E-state index is 12.2. The molecule has 4 heterocycles. The van der Waals surface area contributed by atoms with Crippen LogP contribution in [0.15, 0.2) is 42.2 Å². The molecule has 7 heteroatoms. The van der Waals surface area contributed by atoms with E-state index in [1.165, 1.54) is 11.3 Å². The van der Waals surface area contributed by atoms with E-state index in [-0.39, 0.29) is 17.6 Å². The fourth-order valence-electron chi connectivity index (χ4n) is 3.07. The van der Waals surface area contributed by atoms with Crippen LogP contribution < -0.4 is 5.32 Å². The van der Waals surface area contributed by atoms with E-state index in [0.717, 1.165) is 22.5 Å². The van der Waals surface area contributed by atoms with Gasteiger partial charge in [-0.1, -0.05) is 6.07 Å². The molecule has 0 aromatic carbocycles. The summed E-state index contributed by atoms with van der Waals surface area (Å²) in [4.78, 5) is 28.6. The normalized spacial score (nSPS) is 16.4. The molecule has 1 atom stereocenters. The van der Waals surface area contributed by atoms with Crippen LogP contribution in [0.25, 0.3) is 0 Å². The van der Waals surface area contributed by atoms with Gasteiger partial charge < -0.3 is 5.32 Å². The van der Waals surface area contributed by atoms with Crippen LogP contribution in [0.2, 0.25) is 0 Å². The molecule has 0 aliphatic carbocycles. The molecule has 3 aromatic rings. The molecule has 1 aliphatic rings. The first-order valence-electron chi connectivity index (χ1n) is 7.95. The summed E-state index contributed by atoms with van der Waals surface area (Å²) in [5.41, 5.74) is 2.99. The van der Waals surface area contributed by atoms with Gasteiger partial charge in [0.15, 0.2) is 5.78 Å². The predicted molar refractivity (Wildman–Crippen MR) is 95.0 cm³/mol. The zero-order valence-electron chi connectivity index (χ0n) is 13.6. The van der Waals surface area contributed by atoms with Crippen LogP contribution in [0.3, 0.4) is 0 Å². The third-order valence-electron chi connectivity index (χ3n) is 4.31. The van der Waals surface area contributed by atoms with Gasteiger partial charge in [-0.05, 0) is 35.6 Å². The summed E-state index contributed by atoms with van der Waals surface area (Å²) in [5, 5.41) is 9.35. The zero-order chi connectivity index (χ0) is 17.4. The Balaban J connectivity index is 1.69. The quantitative estimate of drug-likeness (QED) is 0.732. The van der Waals surface area contributed by atoms with Gasteiger partial charge in [0.1, 0.15) is 5.82 Å². The molecular weight excluding hydrogens is 336 g/mol. The van der Waals surface area contributed by atoms with E-state index in [0.29, 0.717) is 17.8 Å². The Kier molecular flexibility index (Phi) is 3.93. The molecule has 0 spiro atoms. The van der Waals surface area contributed by atoms with E-state index in [4.69, 9.17) is 0 Å². The number of fused-ring (bicyclic) bond motifs is 1. The molecule has 0 fully saturated rings. The van der Waals surface area contributed by atoms with Gasteiger partial charge in [-0.15, -0.1) is 11.3 Å². The van der Waals surface area contributed by atoms with Gasteiger partial charge in [-0.2, -0.15) is 5.10 Å². The molecule has 6 nitrogen and oxygen atoms in total. The fraction of sp³-hybridized carbons (Fsp3) is 0.222. The van der Waals surface area contributed by atoms with Crippen LogP contribution in [0, 0.1) is 0 Å². The topological polar surface area (TPSA) is 76.9 Å². The standard InChI is InChI=1S/C18H16N4O2S/c1-11(23)16-5-13(10-25-16)14-6-17(24)21-18-15(14)8-20-22(18)9-12-3-2-4-19-7-12/h2-5,7-8,10,14H,6,9H2,1H3,(H,21,24). The Hall–Kier alpha value is -2.80. The van der Waals surface area contributed by atoms with Crippen LogP contribution >= 0.6 is 11.3 Å². The second-order valence-corrected chi connectivity index (χ2v) is 6.98. The lowest BCUT2D eigenvalue weighted by Gasteiger charge is -2.23. The summed E-state index contributed by atoms with van der Waals surface area (Å²) in [7, 11) is 0. The lowest BCUT2D eigenvalue weighted by Crippen LogP contribution is -2.24. The van der Waals surface area contributed by atoms with E-state index >= 15 is 0 Å². The highest BCUT2D eigenvalue weighted by atomic mass is 32.1. The Morgan fingerprint density at radius 1 is 1.44 bits per heavy atom. The Morgan fingerprint density at radius 3 is 3.04 bits per heavy atom. The van der Waals surface area contributed by atoms with E-state index in [1.54, 1.807) is 30.2 Å². The van der Waals surface area contributed by atoms with E-state index < -0.39 is 0 Å². The maximum Gasteiger partial charge on any atom is 0.226 e. The number of anilines is 1. The first-order chi connectivity index (χ1) is 12.1. The van der Waals surface area contributed by atoms with Crippen molar-refractivity contribution in [2.45, 2.75) is 25.8 Å². The number of amides is 1. The lowest BCUT2D eigenvalue weighted by atomic mass is 9.89. The average Bonchev–Trinajstić information content (AvgIpc) is 3.23. The summed E-state index contributed by atoms with van der Waals surface area (Å²) in [6, 6.07) is 5.74. The number of hydrogen-bond acceptors (Lipinski definition) is 5. The largest absolute Gasteiger partial charge is 0.311 e. The van der Waals surface area contributed by atoms with Crippen LogP contribution in [-0.4, -0.2) is 26.5 Å². The van der Waals surface area contributed by atoms with Gasteiger partial charge in [-0.25, -0.2) is 4.68 Å². The molecule has 3 aromatic heterocycles. The van der Waals surface area contributed by atoms with Crippen molar-refractivity contribution < 1.29 is 9.59 Å². The van der Waals surface area contributed by atoms with Gasteiger partial charge in [0.25, 0.3) is 0 Å². The molecule has 25 heavy (non-hydrogen) atoms. The summed E-state index contributed by atoms with van der Waals surface area (Å²) in [5.74, 6) is 0.654. The number of carbonyl (C=O) groups excluding carboxylic acids is 2. The summed E-state index contributed by atoms with van der Waals surface area (Å²) in [6.45, 7) is 2.10. The number of pyridine rings is 1. The monoisotopic (exact) mass is 352 g/mol. The highest BCUT2D eigenvalue weighted by Gasteiger charge is 2.30. The highest BCUT2D eigenvalue weighted by Crippen LogP contribution is 2.38. The molecular formula is C18H16N4O2S. The van der Waals surface area contributed by atoms with Crippen LogP contribution in [0.5, 0.6) is 0 Å². The Bertz CT molecular complexity index is 945. The first-order valence-corrected chi connectivity index (χ1v) is 8.83. The highest BCUT2D eigenvalue weighted by molar-refractivity contribution is 7.12. The van der Waals surface area contributed by atoms with Crippen molar-refractivity contribution in [3.05, 3.63) is 63.7 Å². The number of nitrogens with one attached hydrogen (secondary N) is 1. The molecule has 1 unspecified atom stereocenters. The Labute approximate surface area is 148 Å². The van der Waals surface area contributed by atoms with Crippen molar-refractivity contribution in [1.29, 1.82) is 0 Å². The molecule has 0 saturated heterocycles. The molecule has 0 bridgehead atoms. The second kappa shape index (κ2) is 6.25. The van der Waals surface area contributed by atoms with E-state index in [2.05, 4.69) is 15.4 Å². The van der Waals surface area contributed by atoms with Gasteiger partial charge in [-0.3, -0.25) is 14.6 Å². The van der Waals surface area contributed by atoms with Gasteiger partial charge in [0.2, 0.25) is 5.91 Å². The number of thiophene rings is 1. The molecule has 0 saturated carbocycles. The minimum atomic E-state index is -0.0734. The number of nitrogens with zero attached hydrogens (tertiary/aromatic N) is 3. The number of carbonyl (C=O) groups is 2. The predicted octanol–water partition coefficient (Wildman–Crippen LogP) is 3.06. The number of ketones is 1. The minimum absolute atomic E-state index is 0.0407. The van der Waals surface area contributed by atoms with Crippen LogP contribution in [-0.2, 0) is 11.3 Å². The van der Waals surface area contributed by atoms with E-state index in [1.807, 2.05) is 23.6 Å². The van der Waals surface area contributed by atoms with Crippen molar-refractivity contribution in [3.8, 4) is 0 Å². The molecule has 1 aliphatic heterocycles. The molecule has 126 valence electrons. The SMILES string of the molecule is CC(=O)c1cc(C2CC(=O)Nc3c2cnn3Cc2cccnc2)cs1. The van der Waals surface area contributed by atoms with Gasteiger partial charge in [0.05, 0.1) is 17.6 Å². The number of aromatic nitrogens is 3. The number of hydrogen-bond donors (Lipinski definition) is 1. The summed E-state index contributed by atoms with van der Waals surface area (Å²) < 4.78 is 1.79. The third-order valence-corrected chi connectivity index (χ3v) is 5.36. The molecule has 4 rings (SSSR count).